The minimum atomic E-state index is 0.0298. The van der Waals surface area contributed by atoms with Crippen molar-refractivity contribution in [2.75, 3.05) is 16.8 Å². The average Bonchev–Trinajstić information content (AvgIpc) is 2.35. The van der Waals surface area contributed by atoms with Gasteiger partial charge >= 0.3 is 0 Å². The number of hydrogen-bond acceptors (Lipinski definition) is 3. The molecule has 1 aromatic rings. The topological polar surface area (TPSA) is 55.1 Å². The van der Waals surface area contributed by atoms with Crippen LogP contribution in [0.15, 0.2) is 18.2 Å². The Morgan fingerprint density at radius 1 is 1.47 bits per heavy atom. The van der Waals surface area contributed by atoms with E-state index in [1.807, 2.05) is 0 Å². The number of thioether (sulfide) groups is 1. The molecule has 2 rings (SSSR count). The molecule has 5 heteroatoms. The molecule has 0 bridgehead atoms. The maximum atomic E-state index is 12.0. The van der Waals surface area contributed by atoms with Gasteiger partial charge in [-0.25, -0.2) is 0 Å². The molecule has 0 spiro atoms. The van der Waals surface area contributed by atoms with Crippen LogP contribution in [0, 0.1) is 0 Å². The second-order valence-corrected chi connectivity index (χ2v) is 5.80. The predicted octanol–water partition coefficient (Wildman–Crippen LogP) is 3.15. The molecule has 0 saturated carbocycles. The van der Waals surface area contributed by atoms with Crippen LogP contribution in [-0.4, -0.2) is 16.9 Å². The van der Waals surface area contributed by atoms with Crippen molar-refractivity contribution in [1.29, 1.82) is 0 Å². The molecule has 1 atom stereocenters. The van der Waals surface area contributed by atoms with Crippen LogP contribution < -0.4 is 11.1 Å². The first kappa shape index (κ1) is 12.6. The highest BCUT2D eigenvalue weighted by atomic mass is 35.5. The number of nitrogens with two attached hydrogens (primary N) is 1. The molecule has 1 saturated heterocycles. The van der Waals surface area contributed by atoms with Crippen molar-refractivity contribution in [3.05, 3.63) is 23.2 Å². The van der Waals surface area contributed by atoms with E-state index in [0.717, 1.165) is 18.6 Å². The zero-order valence-electron chi connectivity index (χ0n) is 9.41. The van der Waals surface area contributed by atoms with Crippen molar-refractivity contribution >= 4 is 40.6 Å². The first-order valence-corrected chi connectivity index (χ1v) is 7.07. The molecule has 0 radical (unpaired) electrons. The third kappa shape index (κ3) is 3.30. The summed E-state index contributed by atoms with van der Waals surface area (Å²) < 4.78 is 0. The molecular weight excluding hydrogens is 256 g/mol. The van der Waals surface area contributed by atoms with E-state index in [1.54, 1.807) is 30.0 Å². The maximum absolute atomic E-state index is 12.0. The molecular formula is C12H15ClN2OS. The minimum Gasteiger partial charge on any atom is -0.399 e. The van der Waals surface area contributed by atoms with Gasteiger partial charge in [-0.15, -0.1) is 11.8 Å². The normalized spacial score (nSPS) is 19.9. The number of hydrogen-bond donors (Lipinski definition) is 2. The molecule has 1 heterocycles. The fraction of sp³-hybridized carbons (Fsp3) is 0.417. The van der Waals surface area contributed by atoms with Crippen molar-refractivity contribution in [3.63, 3.8) is 0 Å². The van der Waals surface area contributed by atoms with Crippen LogP contribution in [0.3, 0.4) is 0 Å². The van der Waals surface area contributed by atoms with Gasteiger partial charge in [-0.2, -0.15) is 0 Å². The molecule has 1 fully saturated rings. The van der Waals surface area contributed by atoms with Crippen LogP contribution in [0.5, 0.6) is 0 Å². The molecule has 1 aliphatic rings. The standard InChI is InChI=1S/C12H15ClN2OS/c13-9-5-4-8(14)7-10(9)15-12(16)11-3-1-2-6-17-11/h4-5,7,11H,1-3,6,14H2,(H,15,16). The van der Waals surface area contributed by atoms with Crippen molar-refractivity contribution in [3.8, 4) is 0 Å². The molecule has 3 N–H and O–H groups in total. The zero-order valence-corrected chi connectivity index (χ0v) is 11.0. The summed E-state index contributed by atoms with van der Waals surface area (Å²) in [6.07, 6.45) is 3.26. The van der Waals surface area contributed by atoms with E-state index < -0.39 is 0 Å². The van der Waals surface area contributed by atoms with Gasteiger partial charge in [0.05, 0.1) is 16.0 Å². The highest BCUT2D eigenvalue weighted by molar-refractivity contribution is 8.00. The summed E-state index contributed by atoms with van der Waals surface area (Å²) in [5.74, 6) is 1.09. The third-order valence-corrected chi connectivity index (χ3v) is 4.43. The van der Waals surface area contributed by atoms with Crippen LogP contribution in [0.1, 0.15) is 19.3 Å². The van der Waals surface area contributed by atoms with E-state index >= 15 is 0 Å². The molecule has 1 amide bonds. The summed E-state index contributed by atoms with van der Waals surface area (Å²) in [5.41, 5.74) is 6.86. The molecule has 0 aromatic heterocycles. The van der Waals surface area contributed by atoms with Gasteiger partial charge in [0.25, 0.3) is 0 Å². The largest absolute Gasteiger partial charge is 0.399 e. The molecule has 0 aliphatic carbocycles. The first-order chi connectivity index (χ1) is 8.16. The van der Waals surface area contributed by atoms with E-state index in [-0.39, 0.29) is 11.2 Å². The van der Waals surface area contributed by atoms with E-state index in [2.05, 4.69) is 5.32 Å². The lowest BCUT2D eigenvalue weighted by Gasteiger charge is -2.20. The Morgan fingerprint density at radius 3 is 3.00 bits per heavy atom. The van der Waals surface area contributed by atoms with Gasteiger partial charge in [0.2, 0.25) is 5.91 Å². The molecule has 1 aliphatic heterocycles. The first-order valence-electron chi connectivity index (χ1n) is 5.64. The quantitative estimate of drug-likeness (QED) is 0.812. The Labute approximate surface area is 110 Å². The lowest BCUT2D eigenvalue weighted by atomic mass is 10.2. The number of carbonyl (C=O) groups is 1. The van der Waals surface area contributed by atoms with Gasteiger partial charge in [-0.3, -0.25) is 4.79 Å². The van der Waals surface area contributed by atoms with Gasteiger partial charge in [-0.05, 0) is 36.8 Å². The Morgan fingerprint density at radius 2 is 2.29 bits per heavy atom. The Balaban J connectivity index is 2.04. The monoisotopic (exact) mass is 270 g/mol. The van der Waals surface area contributed by atoms with Gasteiger partial charge in [-0.1, -0.05) is 18.0 Å². The second kappa shape index (κ2) is 5.65. The zero-order chi connectivity index (χ0) is 12.3. The SMILES string of the molecule is Nc1ccc(Cl)c(NC(=O)C2CCCCS2)c1. The van der Waals surface area contributed by atoms with Crippen molar-refractivity contribution < 1.29 is 4.79 Å². The Hall–Kier alpha value is -0.870. The van der Waals surface area contributed by atoms with E-state index in [1.165, 1.54) is 6.42 Å². The van der Waals surface area contributed by atoms with Gasteiger partial charge in [0.1, 0.15) is 0 Å². The predicted molar refractivity (Wildman–Crippen MR) is 74.6 cm³/mol. The number of nitrogen functional groups attached to an aromatic ring is 1. The maximum Gasteiger partial charge on any atom is 0.237 e. The Bertz CT molecular complexity index is 419. The summed E-state index contributed by atoms with van der Waals surface area (Å²) in [4.78, 5) is 12.0. The minimum absolute atomic E-state index is 0.0298. The van der Waals surface area contributed by atoms with E-state index in [0.29, 0.717) is 16.4 Å². The lowest BCUT2D eigenvalue weighted by Crippen LogP contribution is -2.27. The number of rotatable bonds is 2. The average molecular weight is 271 g/mol. The van der Waals surface area contributed by atoms with E-state index in [4.69, 9.17) is 17.3 Å². The molecule has 92 valence electrons. The highest BCUT2D eigenvalue weighted by Gasteiger charge is 2.22. The lowest BCUT2D eigenvalue weighted by molar-refractivity contribution is -0.115. The number of amides is 1. The fourth-order valence-corrected chi connectivity index (χ4v) is 3.16. The summed E-state index contributed by atoms with van der Waals surface area (Å²) >= 11 is 7.72. The number of anilines is 2. The van der Waals surface area contributed by atoms with Crippen LogP contribution in [0.25, 0.3) is 0 Å². The number of nitrogens with one attached hydrogen (secondary N) is 1. The molecule has 1 aromatic carbocycles. The van der Waals surface area contributed by atoms with Crippen LogP contribution >= 0.6 is 23.4 Å². The van der Waals surface area contributed by atoms with Gasteiger partial charge < -0.3 is 11.1 Å². The number of benzene rings is 1. The summed E-state index contributed by atoms with van der Waals surface area (Å²) in [7, 11) is 0. The van der Waals surface area contributed by atoms with E-state index in [9.17, 15) is 4.79 Å². The third-order valence-electron chi connectivity index (χ3n) is 2.72. The summed E-state index contributed by atoms with van der Waals surface area (Å²) in [6, 6.07) is 5.10. The van der Waals surface area contributed by atoms with Crippen molar-refractivity contribution in [2.24, 2.45) is 0 Å². The highest BCUT2D eigenvalue weighted by Crippen LogP contribution is 2.28. The molecule has 3 nitrogen and oxygen atoms in total. The summed E-state index contributed by atoms with van der Waals surface area (Å²) in [5, 5.41) is 3.41. The fourth-order valence-electron chi connectivity index (χ4n) is 1.80. The summed E-state index contributed by atoms with van der Waals surface area (Å²) in [6.45, 7) is 0. The second-order valence-electron chi connectivity index (χ2n) is 4.08. The molecule has 17 heavy (non-hydrogen) atoms. The number of halogens is 1. The smallest absolute Gasteiger partial charge is 0.237 e. The number of carbonyl (C=O) groups excluding carboxylic acids is 1. The van der Waals surface area contributed by atoms with Crippen molar-refractivity contribution in [1.82, 2.24) is 0 Å². The van der Waals surface area contributed by atoms with Gasteiger partial charge in [0.15, 0.2) is 0 Å². The van der Waals surface area contributed by atoms with Crippen LogP contribution in [0.2, 0.25) is 5.02 Å². The van der Waals surface area contributed by atoms with Crippen LogP contribution in [0.4, 0.5) is 11.4 Å². The van der Waals surface area contributed by atoms with Gasteiger partial charge in [0, 0.05) is 5.69 Å². The van der Waals surface area contributed by atoms with Crippen molar-refractivity contribution in [2.45, 2.75) is 24.5 Å². The van der Waals surface area contributed by atoms with Crippen LogP contribution in [-0.2, 0) is 4.79 Å². The Kier molecular flexibility index (Phi) is 4.18. The molecule has 1 unspecified atom stereocenters.